The molecule has 0 radical (unpaired) electrons. The van der Waals surface area contributed by atoms with Crippen LogP contribution in [0.3, 0.4) is 0 Å². The second-order valence-electron chi connectivity index (χ2n) is 3.88. The molecule has 1 aromatic carbocycles. The summed E-state index contributed by atoms with van der Waals surface area (Å²) in [6, 6.07) is 10.5. The molecule has 0 amide bonds. The molecule has 0 aromatic heterocycles. The van der Waals surface area contributed by atoms with Crippen molar-refractivity contribution in [2.75, 3.05) is 11.6 Å². The van der Waals surface area contributed by atoms with Crippen LogP contribution in [-0.4, -0.2) is 6.67 Å². The number of hydrogen-bond acceptors (Lipinski definition) is 2. The molecular formula is C13H14N2. The predicted molar refractivity (Wildman–Crippen MR) is 62.3 cm³/mol. The van der Waals surface area contributed by atoms with Gasteiger partial charge in [-0.1, -0.05) is 30.4 Å². The van der Waals surface area contributed by atoms with Crippen LogP contribution >= 0.6 is 0 Å². The lowest BCUT2D eigenvalue weighted by Crippen LogP contribution is -2.19. The third kappa shape index (κ3) is 1.42. The van der Waals surface area contributed by atoms with Crippen molar-refractivity contribution < 1.29 is 0 Å². The molecule has 0 saturated carbocycles. The number of rotatable bonds is 1. The van der Waals surface area contributed by atoms with Gasteiger partial charge in [-0.3, -0.25) is 0 Å². The summed E-state index contributed by atoms with van der Waals surface area (Å²) in [5.41, 5.74) is 3.90. The first-order chi connectivity index (χ1) is 7.45. The van der Waals surface area contributed by atoms with Gasteiger partial charge in [-0.25, -0.2) is 0 Å². The summed E-state index contributed by atoms with van der Waals surface area (Å²) in [5, 5.41) is 3.43. The molecular weight excluding hydrogens is 184 g/mol. The van der Waals surface area contributed by atoms with E-state index in [1.807, 2.05) is 0 Å². The maximum absolute atomic E-state index is 3.43. The molecule has 1 aliphatic carbocycles. The van der Waals surface area contributed by atoms with Crippen LogP contribution in [0.4, 0.5) is 5.69 Å². The highest BCUT2D eigenvalue weighted by Gasteiger charge is 2.23. The van der Waals surface area contributed by atoms with Crippen LogP contribution in [0.5, 0.6) is 0 Å². The van der Waals surface area contributed by atoms with E-state index >= 15 is 0 Å². The summed E-state index contributed by atoms with van der Waals surface area (Å²) < 4.78 is 0. The fourth-order valence-electron chi connectivity index (χ4n) is 2.17. The van der Waals surface area contributed by atoms with Crippen LogP contribution in [0.15, 0.2) is 53.9 Å². The number of para-hydroxylation sites is 1. The van der Waals surface area contributed by atoms with E-state index in [2.05, 4.69) is 52.7 Å². The van der Waals surface area contributed by atoms with Crippen molar-refractivity contribution in [2.45, 2.75) is 12.8 Å². The molecule has 1 heterocycles. The summed E-state index contributed by atoms with van der Waals surface area (Å²) in [6.07, 6.45) is 6.93. The minimum atomic E-state index is 0.891. The third-order valence-corrected chi connectivity index (χ3v) is 2.92. The molecule has 1 aromatic rings. The first-order valence-corrected chi connectivity index (χ1v) is 5.42. The lowest BCUT2D eigenvalue weighted by atomic mass is 10.1. The van der Waals surface area contributed by atoms with Gasteiger partial charge in [0, 0.05) is 5.69 Å². The Morgan fingerprint density at radius 2 is 1.80 bits per heavy atom. The van der Waals surface area contributed by atoms with Crippen LogP contribution in [0.25, 0.3) is 0 Å². The summed E-state index contributed by atoms with van der Waals surface area (Å²) in [5.74, 6) is 0. The molecule has 2 nitrogen and oxygen atoms in total. The molecule has 3 rings (SSSR count). The molecule has 1 aliphatic heterocycles. The maximum atomic E-state index is 3.43. The predicted octanol–water partition coefficient (Wildman–Crippen LogP) is 2.62. The number of nitrogens with one attached hydrogen (secondary N) is 1. The molecule has 1 fully saturated rings. The van der Waals surface area contributed by atoms with Crippen molar-refractivity contribution in [2.24, 2.45) is 0 Å². The van der Waals surface area contributed by atoms with Gasteiger partial charge in [-0.05, 0) is 25.0 Å². The molecule has 15 heavy (non-hydrogen) atoms. The zero-order valence-corrected chi connectivity index (χ0v) is 8.61. The van der Waals surface area contributed by atoms with Crippen LogP contribution in [0, 0.1) is 0 Å². The van der Waals surface area contributed by atoms with E-state index < -0.39 is 0 Å². The van der Waals surface area contributed by atoms with Gasteiger partial charge in [-0.2, -0.15) is 0 Å². The number of benzene rings is 1. The molecule has 2 aliphatic rings. The minimum absolute atomic E-state index is 0.891. The van der Waals surface area contributed by atoms with Crippen LogP contribution in [0.2, 0.25) is 0 Å². The number of anilines is 1. The van der Waals surface area contributed by atoms with Gasteiger partial charge in [-0.15, -0.1) is 0 Å². The van der Waals surface area contributed by atoms with Crippen molar-refractivity contribution in [1.82, 2.24) is 5.32 Å². The Bertz CT molecular complexity index is 417. The molecule has 1 saturated heterocycles. The third-order valence-electron chi connectivity index (χ3n) is 2.92. The average Bonchev–Trinajstić information content (AvgIpc) is 2.74. The summed E-state index contributed by atoms with van der Waals surface area (Å²) in [6.45, 7) is 0.891. The summed E-state index contributed by atoms with van der Waals surface area (Å²) in [4.78, 5) is 2.32. The minimum Gasteiger partial charge on any atom is -0.366 e. The van der Waals surface area contributed by atoms with Crippen LogP contribution in [0.1, 0.15) is 12.8 Å². The Morgan fingerprint density at radius 1 is 1.00 bits per heavy atom. The zero-order chi connectivity index (χ0) is 10.1. The zero-order valence-electron chi connectivity index (χ0n) is 8.61. The van der Waals surface area contributed by atoms with E-state index in [-0.39, 0.29) is 0 Å². The summed E-state index contributed by atoms with van der Waals surface area (Å²) >= 11 is 0. The molecule has 0 spiro atoms. The number of nitrogens with zero attached hydrogens (tertiary/aromatic N) is 1. The van der Waals surface area contributed by atoms with Crippen molar-refractivity contribution in [1.29, 1.82) is 0 Å². The molecule has 1 N–H and O–H groups in total. The van der Waals surface area contributed by atoms with Gasteiger partial charge < -0.3 is 10.2 Å². The fraction of sp³-hybridized carbons (Fsp3) is 0.231. The van der Waals surface area contributed by atoms with Crippen molar-refractivity contribution in [3.8, 4) is 0 Å². The first kappa shape index (κ1) is 8.60. The van der Waals surface area contributed by atoms with E-state index in [4.69, 9.17) is 0 Å². The number of fused-ring (bicyclic) bond motifs is 1. The molecule has 76 valence electrons. The standard InChI is InChI=1S/C13H14N2/c1-2-6-11(7-3-1)15-10-14-12-8-4-5-9-13(12)15/h1-3,6-9,14H,4-5,10H2. The smallest absolute Gasteiger partial charge is 0.0926 e. The van der Waals surface area contributed by atoms with E-state index in [1.165, 1.54) is 17.1 Å². The number of hydrogen-bond donors (Lipinski definition) is 1. The Hall–Kier alpha value is -1.70. The monoisotopic (exact) mass is 198 g/mol. The first-order valence-electron chi connectivity index (χ1n) is 5.42. The van der Waals surface area contributed by atoms with E-state index in [1.54, 1.807) is 0 Å². The van der Waals surface area contributed by atoms with Gasteiger partial charge in [0.15, 0.2) is 0 Å². The Labute approximate surface area is 89.9 Å². The highest BCUT2D eigenvalue weighted by atomic mass is 15.3. The van der Waals surface area contributed by atoms with Gasteiger partial charge in [0.1, 0.15) is 0 Å². The maximum Gasteiger partial charge on any atom is 0.0926 e. The lowest BCUT2D eigenvalue weighted by Gasteiger charge is -2.19. The largest absolute Gasteiger partial charge is 0.366 e. The SMILES string of the molecule is C1=C2NCN(c3ccccc3)C2=CCC1. The average molecular weight is 198 g/mol. The Kier molecular flexibility index (Phi) is 1.98. The van der Waals surface area contributed by atoms with Gasteiger partial charge >= 0.3 is 0 Å². The van der Waals surface area contributed by atoms with E-state index in [0.717, 1.165) is 19.5 Å². The van der Waals surface area contributed by atoms with E-state index in [9.17, 15) is 0 Å². The number of allylic oxidation sites excluding steroid dienone is 2. The Morgan fingerprint density at radius 3 is 2.67 bits per heavy atom. The van der Waals surface area contributed by atoms with Gasteiger partial charge in [0.25, 0.3) is 0 Å². The quantitative estimate of drug-likeness (QED) is 0.746. The fourth-order valence-corrected chi connectivity index (χ4v) is 2.17. The molecule has 0 unspecified atom stereocenters. The van der Waals surface area contributed by atoms with Crippen molar-refractivity contribution in [3.63, 3.8) is 0 Å². The van der Waals surface area contributed by atoms with Crippen LogP contribution in [-0.2, 0) is 0 Å². The van der Waals surface area contributed by atoms with Crippen LogP contribution < -0.4 is 10.2 Å². The normalized spacial score (nSPS) is 19.1. The Balaban J connectivity index is 1.96. The second kappa shape index (κ2) is 3.46. The van der Waals surface area contributed by atoms with Crippen molar-refractivity contribution >= 4 is 5.69 Å². The summed E-state index contributed by atoms with van der Waals surface area (Å²) in [7, 11) is 0. The van der Waals surface area contributed by atoms with E-state index in [0.29, 0.717) is 0 Å². The molecule has 0 bridgehead atoms. The van der Waals surface area contributed by atoms with Gasteiger partial charge in [0.2, 0.25) is 0 Å². The molecule has 0 atom stereocenters. The highest BCUT2D eigenvalue weighted by molar-refractivity contribution is 5.59. The van der Waals surface area contributed by atoms with Crippen molar-refractivity contribution in [3.05, 3.63) is 53.9 Å². The lowest BCUT2D eigenvalue weighted by molar-refractivity contribution is 0.896. The topological polar surface area (TPSA) is 15.3 Å². The molecule has 2 heteroatoms. The second-order valence-corrected chi connectivity index (χ2v) is 3.88. The van der Waals surface area contributed by atoms with Gasteiger partial charge in [0.05, 0.1) is 18.1 Å². The highest BCUT2D eigenvalue weighted by Crippen LogP contribution is 2.29.